The molecule has 1 heterocycles. The Balaban J connectivity index is 1.87. The Kier molecular flexibility index (Phi) is 4.13. The van der Waals surface area contributed by atoms with E-state index in [1.54, 1.807) is 11.8 Å². The first-order chi connectivity index (χ1) is 9.61. The van der Waals surface area contributed by atoms with Crippen molar-refractivity contribution in [3.8, 4) is 0 Å². The number of nitrogens with zero attached hydrogens (tertiary/aromatic N) is 2. The number of halogens is 1. The van der Waals surface area contributed by atoms with Gasteiger partial charge >= 0.3 is 0 Å². The van der Waals surface area contributed by atoms with Gasteiger partial charge in [0.05, 0.1) is 0 Å². The van der Waals surface area contributed by atoms with E-state index in [-0.39, 0.29) is 0 Å². The normalized spacial score (nSPS) is 13.8. The summed E-state index contributed by atoms with van der Waals surface area (Å²) >= 11 is 5.20. The fraction of sp³-hybridized carbons (Fsp3) is 0.375. The van der Waals surface area contributed by atoms with Gasteiger partial charge in [0.1, 0.15) is 15.5 Å². The van der Waals surface area contributed by atoms with E-state index in [2.05, 4.69) is 57.9 Å². The summed E-state index contributed by atoms with van der Waals surface area (Å²) in [6, 6.07) is 8.78. The van der Waals surface area contributed by atoms with Crippen LogP contribution < -0.4 is 0 Å². The Morgan fingerprint density at radius 1 is 1.10 bits per heavy atom. The Bertz CT molecular complexity index is 640. The predicted molar refractivity (Wildman–Crippen MR) is 86.4 cm³/mol. The second-order valence-corrected chi connectivity index (χ2v) is 7.33. The van der Waals surface area contributed by atoms with Gasteiger partial charge in [-0.3, -0.25) is 0 Å². The molecule has 0 N–H and O–H groups in total. The molecule has 0 unspecified atom stereocenters. The smallest absolute Gasteiger partial charge is 0.133 e. The lowest BCUT2D eigenvalue weighted by Crippen LogP contribution is -1.98. The second kappa shape index (κ2) is 5.86. The maximum Gasteiger partial charge on any atom is 0.133 e. The number of benzene rings is 1. The monoisotopic (exact) mass is 348 g/mol. The molecule has 1 aliphatic rings. The van der Waals surface area contributed by atoms with Crippen molar-refractivity contribution in [2.24, 2.45) is 0 Å². The van der Waals surface area contributed by atoms with Crippen molar-refractivity contribution in [2.45, 2.75) is 48.9 Å². The van der Waals surface area contributed by atoms with Crippen molar-refractivity contribution in [1.82, 2.24) is 9.97 Å². The van der Waals surface area contributed by atoms with Gasteiger partial charge in [0.2, 0.25) is 0 Å². The number of hydrogen-bond donors (Lipinski definition) is 0. The zero-order chi connectivity index (χ0) is 14.1. The van der Waals surface area contributed by atoms with Gasteiger partial charge in [-0.2, -0.15) is 0 Å². The average Bonchev–Trinajstić information content (AvgIpc) is 2.85. The fourth-order valence-corrected chi connectivity index (χ4v) is 3.90. The molecule has 1 aromatic carbocycles. The maximum absolute atomic E-state index is 4.64. The molecule has 0 saturated carbocycles. The maximum atomic E-state index is 4.64. The van der Waals surface area contributed by atoms with E-state index in [0.717, 1.165) is 15.5 Å². The molecular weight excluding hydrogens is 332 g/mol. The zero-order valence-electron chi connectivity index (χ0n) is 11.7. The molecule has 0 radical (unpaired) electrons. The molecule has 4 heteroatoms. The van der Waals surface area contributed by atoms with E-state index in [0.29, 0.717) is 5.92 Å². The van der Waals surface area contributed by atoms with Gasteiger partial charge in [0, 0.05) is 16.9 Å². The first kappa shape index (κ1) is 14.1. The number of aromatic nitrogens is 2. The molecule has 2 aromatic rings. The lowest BCUT2D eigenvalue weighted by molar-refractivity contribution is 0.748. The Labute approximate surface area is 132 Å². The van der Waals surface area contributed by atoms with Crippen molar-refractivity contribution >= 4 is 27.7 Å². The van der Waals surface area contributed by atoms with Gasteiger partial charge in [-0.25, -0.2) is 9.97 Å². The van der Waals surface area contributed by atoms with Gasteiger partial charge in [-0.1, -0.05) is 31.7 Å². The van der Waals surface area contributed by atoms with Crippen LogP contribution in [-0.2, 0) is 12.8 Å². The molecule has 1 aromatic heterocycles. The molecule has 0 amide bonds. The van der Waals surface area contributed by atoms with E-state index >= 15 is 0 Å². The third kappa shape index (κ3) is 3.07. The molecule has 20 heavy (non-hydrogen) atoms. The molecule has 0 spiro atoms. The highest BCUT2D eigenvalue weighted by Gasteiger charge is 2.12. The standard InChI is InChI=1S/C16H17BrN2S/c1-10(2)16-18-14(17)9-15(19-16)20-13-7-6-11-4-3-5-12(11)8-13/h6-10H,3-5H2,1-2H3. The van der Waals surface area contributed by atoms with Crippen LogP contribution in [0.3, 0.4) is 0 Å². The summed E-state index contributed by atoms with van der Waals surface area (Å²) in [4.78, 5) is 10.3. The van der Waals surface area contributed by atoms with Gasteiger partial charge in [0.25, 0.3) is 0 Å². The lowest BCUT2D eigenvalue weighted by atomic mass is 10.1. The van der Waals surface area contributed by atoms with Crippen molar-refractivity contribution in [2.75, 3.05) is 0 Å². The van der Waals surface area contributed by atoms with Crippen molar-refractivity contribution in [3.63, 3.8) is 0 Å². The first-order valence-electron chi connectivity index (χ1n) is 6.96. The molecule has 104 valence electrons. The predicted octanol–water partition coefficient (Wildman–Crippen LogP) is 5.00. The van der Waals surface area contributed by atoms with Gasteiger partial charge in [0.15, 0.2) is 0 Å². The number of fused-ring (bicyclic) bond motifs is 1. The molecule has 0 aliphatic heterocycles. The van der Waals surface area contributed by atoms with Crippen molar-refractivity contribution in [1.29, 1.82) is 0 Å². The topological polar surface area (TPSA) is 25.8 Å². The van der Waals surface area contributed by atoms with E-state index in [4.69, 9.17) is 0 Å². The molecule has 0 bridgehead atoms. The molecule has 0 fully saturated rings. The van der Waals surface area contributed by atoms with Crippen molar-refractivity contribution in [3.05, 3.63) is 45.8 Å². The first-order valence-corrected chi connectivity index (χ1v) is 8.57. The van der Waals surface area contributed by atoms with Crippen LogP contribution in [0.1, 0.15) is 43.1 Å². The molecule has 3 rings (SSSR count). The third-order valence-corrected chi connectivity index (χ3v) is 4.81. The van der Waals surface area contributed by atoms with Gasteiger partial charge in [-0.15, -0.1) is 0 Å². The van der Waals surface area contributed by atoms with Crippen LogP contribution in [0.5, 0.6) is 0 Å². The fourth-order valence-electron chi connectivity index (χ4n) is 2.46. The van der Waals surface area contributed by atoms with Gasteiger partial charge in [-0.05, 0) is 58.5 Å². The molecule has 0 atom stereocenters. The van der Waals surface area contributed by atoms with Crippen LogP contribution in [-0.4, -0.2) is 9.97 Å². The van der Waals surface area contributed by atoms with Crippen LogP contribution in [0, 0.1) is 0 Å². The van der Waals surface area contributed by atoms with E-state index in [1.807, 2.05) is 6.07 Å². The highest BCUT2D eigenvalue weighted by molar-refractivity contribution is 9.10. The second-order valence-electron chi connectivity index (χ2n) is 5.43. The quantitative estimate of drug-likeness (QED) is 0.729. The lowest BCUT2D eigenvalue weighted by Gasteiger charge is -2.08. The average molecular weight is 349 g/mol. The van der Waals surface area contributed by atoms with Crippen molar-refractivity contribution < 1.29 is 0 Å². The minimum Gasteiger partial charge on any atom is -0.226 e. The van der Waals surface area contributed by atoms with Crippen LogP contribution >= 0.6 is 27.7 Å². The summed E-state index contributed by atoms with van der Waals surface area (Å²) in [5.74, 6) is 1.23. The van der Waals surface area contributed by atoms with Crippen LogP contribution in [0.4, 0.5) is 0 Å². The third-order valence-electron chi connectivity index (χ3n) is 3.50. The van der Waals surface area contributed by atoms with E-state index in [9.17, 15) is 0 Å². The number of aryl methyl sites for hydroxylation is 2. The summed E-state index contributed by atoms with van der Waals surface area (Å²) in [5, 5.41) is 1.01. The largest absolute Gasteiger partial charge is 0.226 e. The highest BCUT2D eigenvalue weighted by atomic mass is 79.9. The highest BCUT2D eigenvalue weighted by Crippen LogP contribution is 2.32. The SMILES string of the molecule is CC(C)c1nc(Br)cc(Sc2ccc3c(c2)CCC3)n1. The van der Waals surface area contributed by atoms with Crippen LogP contribution in [0.2, 0.25) is 0 Å². The number of hydrogen-bond acceptors (Lipinski definition) is 3. The summed E-state index contributed by atoms with van der Waals surface area (Å²) in [6.07, 6.45) is 3.74. The Morgan fingerprint density at radius 3 is 2.70 bits per heavy atom. The molecule has 1 aliphatic carbocycles. The Morgan fingerprint density at radius 2 is 1.90 bits per heavy atom. The Hall–Kier alpha value is -0.870. The molecule has 2 nitrogen and oxygen atoms in total. The van der Waals surface area contributed by atoms with E-state index < -0.39 is 0 Å². The summed E-state index contributed by atoms with van der Waals surface area (Å²) in [5.41, 5.74) is 3.02. The summed E-state index contributed by atoms with van der Waals surface area (Å²) in [6.45, 7) is 4.23. The zero-order valence-corrected chi connectivity index (χ0v) is 14.1. The minimum atomic E-state index is 0.340. The van der Waals surface area contributed by atoms with Crippen LogP contribution in [0.15, 0.2) is 38.8 Å². The molecular formula is C16H17BrN2S. The van der Waals surface area contributed by atoms with Gasteiger partial charge < -0.3 is 0 Å². The van der Waals surface area contributed by atoms with Crippen LogP contribution in [0.25, 0.3) is 0 Å². The minimum absolute atomic E-state index is 0.340. The number of rotatable bonds is 3. The summed E-state index contributed by atoms with van der Waals surface area (Å²) < 4.78 is 0.861. The summed E-state index contributed by atoms with van der Waals surface area (Å²) in [7, 11) is 0. The van der Waals surface area contributed by atoms with E-state index in [1.165, 1.54) is 35.3 Å². The molecule has 0 saturated heterocycles.